The molecule has 0 bridgehead atoms. The fourth-order valence-electron chi connectivity index (χ4n) is 5.80. The van der Waals surface area contributed by atoms with Gasteiger partial charge in [-0.3, -0.25) is 4.79 Å². The molecule has 1 spiro atoms. The van der Waals surface area contributed by atoms with Crippen LogP contribution in [0.2, 0.25) is 0 Å². The maximum Gasteiger partial charge on any atom is 0.410 e. The standard InChI is InChI=1S/C30H42N2O8/c1-20(27(34)36-5)16-39-24-9-7-6-8-23(24)21-10-12-22(13-11-21)38-17-25-30(19-37-18-26(33)31-30)14-15-32(25)28(35)40-29(2,3)4/h6-9,21-22,25H,1,10-19H2,2-5H3,(H,31,33)/t21-,22+,25?,30?. The number of ether oxygens (including phenoxy) is 5. The highest BCUT2D eigenvalue weighted by atomic mass is 16.6. The van der Waals surface area contributed by atoms with E-state index in [4.69, 9.17) is 23.7 Å². The summed E-state index contributed by atoms with van der Waals surface area (Å²) >= 11 is 0. The molecule has 0 aromatic heterocycles. The van der Waals surface area contributed by atoms with Gasteiger partial charge in [0.05, 0.1) is 43.6 Å². The van der Waals surface area contributed by atoms with Crippen LogP contribution < -0.4 is 10.1 Å². The van der Waals surface area contributed by atoms with Gasteiger partial charge in [-0.1, -0.05) is 24.8 Å². The van der Waals surface area contributed by atoms with Crippen molar-refractivity contribution in [2.24, 2.45) is 0 Å². The summed E-state index contributed by atoms with van der Waals surface area (Å²) in [4.78, 5) is 38.7. The van der Waals surface area contributed by atoms with Crippen molar-refractivity contribution in [2.45, 2.75) is 82.1 Å². The Morgan fingerprint density at radius 3 is 2.58 bits per heavy atom. The van der Waals surface area contributed by atoms with Crippen molar-refractivity contribution in [2.75, 3.05) is 40.1 Å². The van der Waals surface area contributed by atoms with E-state index in [-0.39, 0.29) is 43.4 Å². The Kier molecular flexibility index (Phi) is 9.41. The Balaban J connectivity index is 1.37. The lowest BCUT2D eigenvalue weighted by Gasteiger charge is -2.41. The van der Waals surface area contributed by atoms with Crippen molar-refractivity contribution in [3.8, 4) is 5.75 Å². The minimum atomic E-state index is -0.687. The molecular formula is C30H42N2O8. The quantitative estimate of drug-likeness (QED) is 0.380. The van der Waals surface area contributed by atoms with E-state index < -0.39 is 23.2 Å². The number of hydrogen-bond acceptors (Lipinski definition) is 8. The van der Waals surface area contributed by atoms with Crippen LogP contribution in [0.1, 0.15) is 64.4 Å². The number of nitrogens with zero attached hydrogens (tertiary/aromatic N) is 1. The van der Waals surface area contributed by atoms with Crippen LogP contribution in [0.15, 0.2) is 36.4 Å². The minimum absolute atomic E-state index is 0.0216. The number of rotatable bonds is 8. The topological polar surface area (TPSA) is 113 Å². The fraction of sp³-hybridized carbons (Fsp3) is 0.633. The number of benzene rings is 1. The second kappa shape index (κ2) is 12.6. The van der Waals surface area contributed by atoms with Crippen LogP contribution in [0, 0.1) is 0 Å². The van der Waals surface area contributed by atoms with Crippen molar-refractivity contribution in [3.05, 3.63) is 42.0 Å². The summed E-state index contributed by atoms with van der Waals surface area (Å²) in [6.07, 6.45) is 3.72. The zero-order valence-electron chi connectivity index (χ0n) is 24.0. The van der Waals surface area contributed by atoms with E-state index in [9.17, 15) is 14.4 Å². The van der Waals surface area contributed by atoms with Crippen molar-refractivity contribution < 1.29 is 38.1 Å². The molecule has 220 valence electrons. The lowest BCUT2D eigenvalue weighted by atomic mass is 9.82. The van der Waals surface area contributed by atoms with Crippen LogP contribution in [0.25, 0.3) is 0 Å². The normalized spacial score (nSPS) is 26.8. The third kappa shape index (κ3) is 7.14. The monoisotopic (exact) mass is 558 g/mol. The van der Waals surface area contributed by atoms with E-state index in [1.165, 1.54) is 7.11 Å². The van der Waals surface area contributed by atoms with Crippen molar-refractivity contribution in [3.63, 3.8) is 0 Å². The van der Waals surface area contributed by atoms with Gasteiger partial charge in [0.2, 0.25) is 5.91 Å². The molecule has 4 rings (SSSR count). The van der Waals surface area contributed by atoms with Gasteiger partial charge in [0, 0.05) is 6.54 Å². The number of methoxy groups -OCH3 is 1. The van der Waals surface area contributed by atoms with Crippen molar-refractivity contribution >= 4 is 18.0 Å². The fourth-order valence-corrected chi connectivity index (χ4v) is 5.80. The number of carbonyl (C=O) groups is 3. The van der Waals surface area contributed by atoms with Gasteiger partial charge in [-0.05, 0) is 70.4 Å². The number of amides is 2. The van der Waals surface area contributed by atoms with E-state index in [1.54, 1.807) is 4.90 Å². The maximum absolute atomic E-state index is 13.1. The molecular weight excluding hydrogens is 516 g/mol. The highest BCUT2D eigenvalue weighted by Crippen LogP contribution is 2.39. The average Bonchev–Trinajstić information content (AvgIpc) is 3.26. The van der Waals surface area contributed by atoms with Gasteiger partial charge in [0.25, 0.3) is 0 Å². The molecule has 1 N–H and O–H groups in total. The first kappa shape index (κ1) is 29.9. The highest BCUT2D eigenvalue weighted by molar-refractivity contribution is 5.87. The molecule has 3 fully saturated rings. The van der Waals surface area contributed by atoms with Gasteiger partial charge in [-0.15, -0.1) is 0 Å². The number of esters is 1. The number of nitrogens with one attached hydrogen (secondary N) is 1. The zero-order chi connectivity index (χ0) is 28.9. The number of morpholine rings is 1. The first-order valence-electron chi connectivity index (χ1n) is 14.0. The Morgan fingerprint density at radius 1 is 1.18 bits per heavy atom. The molecule has 0 radical (unpaired) electrons. The van der Waals surface area contributed by atoms with E-state index in [1.807, 2.05) is 39.0 Å². The van der Waals surface area contributed by atoms with E-state index in [0.29, 0.717) is 25.5 Å². The second-order valence-corrected chi connectivity index (χ2v) is 11.9. The number of carbonyl (C=O) groups excluding carboxylic acids is 3. The van der Waals surface area contributed by atoms with Gasteiger partial charge in [0.15, 0.2) is 0 Å². The van der Waals surface area contributed by atoms with Crippen molar-refractivity contribution in [1.82, 2.24) is 10.2 Å². The van der Waals surface area contributed by atoms with Crippen LogP contribution in [0.5, 0.6) is 5.75 Å². The maximum atomic E-state index is 13.1. The molecule has 10 heteroatoms. The Morgan fingerprint density at radius 2 is 1.90 bits per heavy atom. The molecule has 2 aliphatic heterocycles. The Hall–Kier alpha value is -3.11. The van der Waals surface area contributed by atoms with Crippen LogP contribution in [0.4, 0.5) is 4.79 Å². The smallest absolute Gasteiger partial charge is 0.410 e. The number of para-hydroxylation sites is 1. The molecule has 1 aromatic rings. The van der Waals surface area contributed by atoms with Crippen LogP contribution in [-0.2, 0) is 28.5 Å². The summed E-state index contributed by atoms with van der Waals surface area (Å²) in [5.41, 5.74) is 0.0502. The summed E-state index contributed by atoms with van der Waals surface area (Å²) in [6, 6.07) is 7.49. The molecule has 1 saturated carbocycles. The molecule has 1 aromatic carbocycles. The van der Waals surface area contributed by atoms with Gasteiger partial charge >= 0.3 is 12.1 Å². The summed E-state index contributed by atoms with van der Waals surface area (Å²) in [5.74, 6) is 0.373. The summed E-state index contributed by atoms with van der Waals surface area (Å²) < 4.78 is 28.3. The lowest BCUT2D eigenvalue weighted by molar-refractivity contribution is -0.138. The predicted octanol–water partition coefficient (Wildman–Crippen LogP) is 3.73. The van der Waals surface area contributed by atoms with Gasteiger partial charge in [-0.25, -0.2) is 9.59 Å². The molecule has 40 heavy (non-hydrogen) atoms. The Labute approximate surface area is 236 Å². The highest BCUT2D eigenvalue weighted by Gasteiger charge is 2.53. The third-order valence-corrected chi connectivity index (χ3v) is 7.82. The molecule has 3 aliphatic rings. The van der Waals surface area contributed by atoms with Gasteiger partial charge in [-0.2, -0.15) is 0 Å². The molecule has 2 atom stereocenters. The first-order chi connectivity index (χ1) is 19.0. The largest absolute Gasteiger partial charge is 0.488 e. The molecule has 1 aliphatic carbocycles. The van der Waals surface area contributed by atoms with Crippen LogP contribution in [0.3, 0.4) is 0 Å². The molecule has 2 heterocycles. The van der Waals surface area contributed by atoms with Crippen LogP contribution >= 0.6 is 0 Å². The van der Waals surface area contributed by atoms with Crippen molar-refractivity contribution in [1.29, 1.82) is 0 Å². The van der Waals surface area contributed by atoms with Crippen LogP contribution in [-0.4, -0.2) is 86.2 Å². The molecule has 10 nitrogen and oxygen atoms in total. The minimum Gasteiger partial charge on any atom is -0.488 e. The predicted molar refractivity (Wildman–Crippen MR) is 147 cm³/mol. The third-order valence-electron chi connectivity index (χ3n) is 7.82. The van der Waals surface area contributed by atoms with E-state index >= 15 is 0 Å². The average molecular weight is 559 g/mol. The summed E-state index contributed by atoms with van der Waals surface area (Å²) in [5, 5.41) is 3.10. The number of hydrogen-bond donors (Lipinski definition) is 1. The SMILES string of the molecule is C=C(COc1ccccc1[C@H]1CC[C@@H](OCC2N(C(=O)OC(C)(C)C)CCC23COCC(=O)N3)CC1)C(=O)OC. The summed E-state index contributed by atoms with van der Waals surface area (Å²) in [7, 11) is 1.32. The Bertz CT molecular complexity index is 1090. The van der Waals surface area contributed by atoms with Gasteiger partial charge < -0.3 is 33.9 Å². The van der Waals surface area contributed by atoms with Gasteiger partial charge in [0.1, 0.15) is 24.6 Å². The summed E-state index contributed by atoms with van der Waals surface area (Å²) in [6.45, 7) is 10.4. The second-order valence-electron chi connectivity index (χ2n) is 11.9. The zero-order valence-corrected chi connectivity index (χ0v) is 24.0. The van der Waals surface area contributed by atoms with E-state index in [2.05, 4.69) is 18.0 Å². The van der Waals surface area contributed by atoms with E-state index in [0.717, 1.165) is 37.0 Å². The molecule has 2 unspecified atom stereocenters. The first-order valence-corrected chi connectivity index (χ1v) is 14.0. The molecule has 2 amide bonds. The lowest BCUT2D eigenvalue weighted by Crippen LogP contribution is -2.65. The molecule has 2 saturated heterocycles. The number of likely N-dealkylation sites (tertiary alicyclic amines) is 1.